The molecular formula is C16H23BrN2O2. The topological polar surface area (TPSA) is 50.4 Å². The van der Waals surface area contributed by atoms with Gasteiger partial charge in [0.2, 0.25) is 5.91 Å². The molecule has 116 valence electrons. The largest absolute Gasteiger partial charge is 0.492 e. The van der Waals surface area contributed by atoms with E-state index in [0.717, 1.165) is 40.9 Å². The lowest BCUT2D eigenvalue weighted by atomic mass is 10.1. The van der Waals surface area contributed by atoms with E-state index in [1.165, 1.54) is 12.8 Å². The van der Waals surface area contributed by atoms with Crippen molar-refractivity contribution in [3.8, 4) is 5.75 Å². The van der Waals surface area contributed by atoms with Gasteiger partial charge < -0.3 is 15.4 Å². The molecule has 0 fully saturated rings. The highest BCUT2D eigenvalue weighted by Gasteiger charge is 2.31. The normalized spacial score (nSPS) is 16.7. The Morgan fingerprint density at radius 2 is 2.10 bits per heavy atom. The lowest BCUT2D eigenvalue weighted by molar-refractivity contribution is -0.117. The summed E-state index contributed by atoms with van der Waals surface area (Å²) >= 11 is 3.54. The van der Waals surface area contributed by atoms with Gasteiger partial charge in [-0.05, 0) is 41.4 Å². The van der Waals surface area contributed by atoms with Crippen LogP contribution in [0.3, 0.4) is 0 Å². The molecular weight excluding hydrogens is 332 g/mol. The molecule has 1 aliphatic heterocycles. The maximum Gasteiger partial charge on any atom is 0.246 e. The van der Waals surface area contributed by atoms with Gasteiger partial charge in [-0.1, -0.05) is 26.7 Å². The Morgan fingerprint density at radius 3 is 2.81 bits per heavy atom. The van der Waals surface area contributed by atoms with Crippen LogP contribution in [0.4, 0.5) is 5.69 Å². The summed E-state index contributed by atoms with van der Waals surface area (Å²) in [6.07, 6.45) is 4.39. The standard InChI is InChI=1S/C16H23BrN2O2/c1-3-5-6-8-21-14-10-13-11(9-12(14)17)15(16(20)19-13)18-7-4-2/h9-10,15,18H,3-8H2,1-2H3,(H,19,20). The van der Waals surface area contributed by atoms with Crippen molar-refractivity contribution in [3.05, 3.63) is 22.2 Å². The van der Waals surface area contributed by atoms with Crippen LogP contribution in [0.5, 0.6) is 5.75 Å². The number of rotatable bonds is 8. The summed E-state index contributed by atoms with van der Waals surface area (Å²) in [6.45, 7) is 5.79. The lowest BCUT2D eigenvalue weighted by Gasteiger charge is -2.13. The molecule has 2 N–H and O–H groups in total. The van der Waals surface area contributed by atoms with Gasteiger partial charge in [0.1, 0.15) is 11.8 Å². The number of halogens is 1. The van der Waals surface area contributed by atoms with E-state index in [-0.39, 0.29) is 11.9 Å². The Balaban J connectivity index is 2.09. The number of anilines is 1. The molecule has 1 unspecified atom stereocenters. The molecule has 0 aliphatic carbocycles. The van der Waals surface area contributed by atoms with E-state index in [1.807, 2.05) is 12.1 Å². The van der Waals surface area contributed by atoms with Crippen molar-refractivity contribution in [3.63, 3.8) is 0 Å². The molecule has 0 saturated carbocycles. The van der Waals surface area contributed by atoms with Gasteiger partial charge in [0.25, 0.3) is 0 Å². The second-order valence-corrected chi connectivity index (χ2v) is 6.16. The molecule has 5 heteroatoms. The van der Waals surface area contributed by atoms with E-state index in [1.54, 1.807) is 0 Å². The van der Waals surface area contributed by atoms with Crippen LogP contribution in [-0.4, -0.2) is 19.1 Å². The van der Waals surface area contributed by atoms with Crippen LogP contribution >= 0.6 is 15.9 Å². The number of carbonyl (C=O) groups is 1. The van der Waals surface area contributed by atoms with E-state index in [4.69, 9.17) is 4.74 Å². The number of nitrogens with one attached hydrogen (secondary N) is 2. The number of amides is 1. The number of hydrogen-bond acceptors (Lipinski definition) is 3. The van der Waals surface area contributed by atoms with Crippen LogP contribution in [0.1, 0.15) is 51.1 Å². The number of carbonyl (C=O) groups excluding carboxylic acids is 1. The van der Waals surface area contributed by atoms with Crippen LogP contribution in [0.25, 0.3) is 0 Å². The van der Waals surface area contributed by atoms with Crippen LogP contribution in [-0.2, 0) is 4.79 Å². The Labute approximate surface area is 134 Å². The van der Waals surface area contributed by atoms with E-state index < -0.39 is 0 Å². The number of unbranched alkanes of at least 4 members (excludes halogenated alkanes) is 2. The van der Waals surface area contributed by atoms with Gasteiger partial charge in [0, 0.05) is 17.3 Å². The number of benzene rings is 1. The number of ether oxygens (including phenoxy) is 1. The third-order valence-corrected chi connectivity index (χ3v) is 4.16. The maximum atomic E-state index is 12.0. The Hall–Kier alpha value is -1.07. The summed E-state index contributed by atoms with van der Waals surface area (Å²) in [6, 6.07) is 3.64. The minimum absolute atomic E-state index is 0.00785. The molecule has 0 spiro atoms. The Bertz CT molecular complexity index is 505. The van der Waals surface area contributed by atoms with Crippen molar-refractivity contribution >= 4 is 27.5 Å². The molecule has 4 nitrogen and oxygen atoms in total. The van der Waals surface area contributed by atoms with Crippen molar-refractivity contribution in [2.75, 3.05) is 18.5 Å². The maximum absolute atomic E-state index is 12.0. The average Bonchev–Trinajstić information content (AvgIpc) is 2.76. The van der Waals surface area contributed by atoms with E-state index in [9.17, 15) is 4.79 Å². The molecule has 1 aromatic rings. The summed E-state index contributed by atoms with van der Waals surface area (Å²) in [5.41, 5.74) is 1.84. The molecule has 1 amide bonds. The van der Waals surface area contributed by atoms with Crippen LogP contribution in [0.15, 0.2) is 16.6 Å². The van der Waals surface area contributed by atoms with E-state index in [2.05, 4.69) is 40.4 Å². The zero-order chi connectivity index (χ0) is 15.2. The minimum Gasteiger partial charge on any atom is -0.492 e. The van der Waals surface area contributed by atoms with Gasteiger partial charge in [-0.25, -0.2) is 0 Å². The lowest BCUT2D eigenvalue weighted by Crippen LogP contribution is -2.28. The molecule has 0 aromatic heterocycles. The van der Waals surface area contributed by atoms with E-state index in [0.29, 0.717) is 6.61 Å². The fraction of sp³-hybridized carbons (Fsp3) is 0.562. The van der Waals surface area contributed by atoms with Crippen LogP contribution < -0.4 is 15.4 Å². The van der Waals surface area contributed by atoms with Gasteiger partial charge in [-0.2, -0.15) is 0 Å². The second-order valence-electron chi connectivity index (χ2n) is 5.30. The molecule has 2 rings (SSSR count). The first-order chi connectivity index (χ1) is 10.2. The summed E-state index contributed by atoms with van der Waals surface area (Å²) in [5, 5.41) is 6.19. The fourth-order valence-corrected chi connectivity index (χ4v) is 2.87. The molecule has 0 radical (unpaired) electrons. The van der Waals surface area contributed by atoms with Gasteiger partial charge in [-0.15, -0.1) is 0 Å². The van der Waals surface area contributed by atoms with Gasteiger partial charge in [-0.3, -0.25) is 4.79 Å². The van der Waals surface area contributed by atoms with Crippen molar-refractivity contribution in [2.24, 2.45) is 0 Å². The van der Waals surface area contributed by atoms with Gasteiger partial charge >= 0.3 is 0 Å². The molecule has 1 aromatic carbocycles. The van der Waals surface area contributed by atoms with Crippen LogP contribution in [0.2, 0.25) is 0 Å². The third kappa shape index (κ3) is 3.98. The first-order valence-corrected chi connectivity index (χ1v) is 8.47. The molecule has 0 saturated heterocycles. The highest BCUT2D eigenvalue weighted by molar-refractivity contribution is 9.10. The smallest absolute Gasteiger partial charge is 0.246 e. The molecule has 1 atom stereocenters. The zero-order valence-corrected chi connectivity index (χ0v) is 14.3. The summed E-state index contributed by atoms with van der Waals surface area (Å²) in [5.74, 6) is 0.801. The highest BCUT2D eigenvalue weighted by Crippen LogP contribution is 2.38. The Kier molecular flexibility index (Phi) is 6.06. The van der Waals surface area contributed by atoms with E-state index >= 15 is 0 Å². The SMILES string of the molecule is CCCCCOc1cc2c(cc1Br)C(NCCC)C(=O)N2. The van der Waals surface area contributed by atoms with Gasteiger partial charge in [0.05, 0.1) is 11.1 Å². The average molecular weight is 355 g/mol. The molecule has 1 aliphatic rings. The van der Waals surface area contributed by atoms with Crippen LogP contribution in [0, 0.1) is 0 Å². The predicted molar refractivity (Wildman–Crippen MR) is 88.8 cm³/mol. The first kappa shape index (κ1) is 16.3. The quantitative estimate of drug-likeness (QED) is 0.693. The molecule has 0 bridgehead atoms. The predicted octanol–water partition coefficient (Wildman–Crippen LogP) is 4.01. The third-order valence-electron chi connectivity index (χ3n) is 3.54. The van der Waals surface area contributed by atoms with Crippen molar-refractivity contribution < 1.29 is 9.53 Å². The second kappa shape index (κ2) is 7.80. The number of fused-ring (bicyclic) bond motifs is 1. The van der Waals surface area contributed by atoms with Gasteiger partial charge in [0.15, 0.2) is 0 Å². The molecule has 21 heavy (non-hydrogen) atoms. The first-order valence-electron chi connectivity index (χ1n) is 7.67. The zero-order valence-electron chi connectivity index (χ0n) is 12.7. The summed E-state index contributed by atoms with van der Waals surface area (Å²) < 4.78 is 6.70. The van der Waals surface area contributed by atoms with Crippen molar-refractivity contribution in [1.29, 1.82) is 0 Å². The highest BCUT2D eigenvalue weighted by atomic mass is 79.9. The molecule has 1 heterocycles. The number of hydrogen-bond donors (Lipinski definition) is 2. The summed E-state index contributed by atoms with van der Waals surface area (Å²) in [4.78, 5) is 12.0. The summed E-state index contributed by atoms with van der Waals surface area (Å²) in [7, 11) is 0. The minimum atomic E-state index is -0.259. The van der Waals surface area contributed by atoms with Crippen molar-refractivity contribution in [2.45, 2.75) is 45.6 Å². The Morgan fingerprint density at radius 1 is 1.29 bits per heavy atom. The van der Waals surface area contributed by atoms with Crippen molar-refractivity contribution in [1.82, 2.24) is 5.32 Å². The fourth-order valence-electron chi connectivity index (χ4n) is 2.40. The monoisotopic (exact) mass is 354 g/mol.